The molecule has 9 nitrogen and oxygen atoms in total. The number of unbranched alkanes of at least 4 members (excludes halogenated alkanes) is 42. The van der Waals surface area contributed by atoms with Crippen LogP contribution in [0.3, 0.4) is 0 Å². The van der Waals surface area contributed by atoms with Gasteiger partial charge in [0.2, 0.25) is 5.91 Å². The second kappa shape index (κ2) is 57.4. The molecule has 0 saturated carbocycles. The van der Waals surface area contributed by atoms with Crippen LogP contribution in [0.2, 0.25) is 0 Å². The Bertz CT molecular complexity index is 1350. The average Bonchev–Trinajstić information content (AvgIpc) is 3.43. The van der Waals surface area contributed by atoms with Crippen LogP contribution in [0.5, 0.6) is 0 Å². The maximum Gasteiger partial charge on any atom is 0.220 e. The van der Waals surface area contributed by atoms with Gasteiger partial charge in [0.05, 0.1) is 25.4 Å². The fraction of sp³-hybridized carbons (Fsp3) is 0.868. The van der Waals surface area contributed by atoms with E-state index in [0.29, 0.717) is 6.42 Å². The molecule has 452 valence electrons. The van der Waals surface area contributed by atoms with Gasteiger partial charge < -0.3 is 40.3 Å². The smallest absolute Gasteiger partial charge is 0.220 e. The number of carbonyl (C=O) groups is 1. The first-order valence-electron chi connectivity index (χ1n) is 33.4. The highest BCUT2D eigenvalue weighted by molar-refractivity contribution is 5.76. The van der Waals surface area contributed by atoms with Gasteiger partial charge in [-0.1, -0.05) is 300 Å². The normalized spacial score (nSPS) is 19.0. The second-order valence-corrected chi connectivity index (χ2v) is 23.3. The summed E-state index contributed by atoms with van der Waals surface area (Å²) < 4.78 is 11.3. The van der Waals surface area contributed by atoms with Crippen LogP contribution in [0.25, 0.3) is 0 Å². The van der Waals surface area contributed by atoms with Crippen molar-refractivity contribution < 1.29 is 39.8 Å². The van der Waals surface area contributed by atoms with Crippen LogP contribution in [0.15, 0.2) is 48.6 Å². The zero-order valence-corrected chi connectivity index (χ0v) is 50.5. The van der Waals surface area contributed by atoms with E-state index in [0.717, 1.165) is 44.9 Å². The average molecular weight is 1090 g/mol. The molecule has 0 radical (unpaired) electrons. The number of hydrogen-bond donors (Lipinski definition) is 6. The first-order chi connectivity index (χ1) is 37.8. The van der Waals surface area contributed by atoms with Gasteiger partial charge in [0, 0.05) is 6.42 Å². The molecule has 0 bridgehead atoms. The van der Waals surface area contributed by atoms with Crippen LogP contribution in [-0.2, 0) is 14.3 Å². The monoisotopic (exact) mass is 1090 g/mol. The number of ether oxygens (including phenoxy) is 2. The molecule has 1 aliphatic rings. The number of amides is 1. The fourth-order valence-electron chi connectivity index (χ4n) is 10.6. The minimum Gasteiger partial charge on any atom is -0.394 e. The minimum absolute atomic E-state index is 0.182. The summed E-state index contributed by atoms with van der Waals surface area (Å²) in [5, 5.41) is 54.6. The summed E-state index contributed by atoms with van der Waals surface area (Å²) in [7, 11) is 0. The van der Waals surface area contributed by atoms with Crippen molar-refractivity contribution in [1.82, 2.24) is 5.32 Å². The lowest BCUT2D eigenvalue weighted by atomic mass is 9.99. The van der Waals surface area contributed by atoms with Gasteiger partial charge in [0.15, 0.2) is 6.29 Å². The van der Waals surface area contributed by atoms with Crippen molar-refractivity contribution in [2.75, 3.05) is 13.2 Å². The van der Waals surface area contributed by atoms with E-state index in [1.165, 1.54) is 257 Å². The molecule has 1 saturated heterocycles. The van der Waals surface area contributed by atoms with E-state index in [4.69, 9.17) is 9.47 Å². The van der Waals surface area contributed by atoms with Gasteiger partial charge in [-0.05, 0) is 64.2 Å². The molecule has 1 fully saturated rings. The zero-order chi connectivity index (χ0) is 55.8. The van der Waals surface area contributed by atoms with E-state index in [9.17, 15) is 30.3 Å². The van der Waals surface area contributed by atoms with E-state index in [1.807, 2.05) is 6.08 Å². The van der Waals surface area contributed by atoms with Gasteiger partial charge in [0.25, 0.3) is 0 Å². The number of carbonyl (C=O) groups excluding carboxylic acids is 1. The Hall–Kier alpha value is -1.85. The summed E-state index contributed by atoms with van der Waals surface area (Å²) in [6, 6.07) is -0.823. The Labute approximate surface area is 475 Å². The lowest BCUT2D eigenvalue weighted by Gasteiger charge is -2.40. The van der Waals surface area contributed by atoms with Gasteiger partial charge in [-0.2, -0.15) is 0 Å². The summed E-state index contributed by atoms with van der Waals surface area (Å²) in [4.78, 5) is 13.1. The van der Waals surface area contributed by atoms with Gasteiger partial charge in [-0.3, -0.25) is 4.79 Å². The summed E-state index contributed by atoms with van der Waals surface area (Å²) in [5.74, 6) is -0.182. The number of aliphatic hydroxyl groups is 5. The van der Waals surface area contributed by atoms with E-state index < -0.39 is 49.5 Å². The van der Waals surface area contributed by atoms with Crippen molar-refractivity contribution in [3.8, 4) is 0 Å². The molecule has 7 unspecified atom stereocenters. The van der Waals surface area contributed by atoms with Gasteiger partial charge in [-0.15, -0.1) is 0 Å². The molecule has 0 aromatic rings. The first kappa shape index (κ1) is 73.2. The molecule has 1 amide bonds. The zero-order valence-electron chi connectivity index (χ0n) is 50.5. The summed E-state index contributed by atoms with van der Waals surface area (Å²) in [5.41, 5.74) is 0. The molecule has 0 aromatic heterocycles. The Morgan fingerprint density at radius 1 is 0.442 bits per heavy atom. The third kappa shape index (κ3) is 46.5. The van der Waals surface area contributed by atoms with Gasteiger partial charge in [-0.25, -0.2) is 0 Å². The molecule has 0 aromatic carbocycles. The van der Waals surface area contributed by atoms with Crippen molar-refractivity contribution in [3.63, 3.8) is 0 Å². The fourth-order valence-corrected chi connectivity index (χ4v) is 10.6. The van der Waals surface area contributed by atoms with E-state index in [-0.39, 0.29) is 12.5 Å². The molecule has 9 heteroatoms. The van der Waals surface area contributed by atoms with Crippen molar-refractivity contribution in [2.45, 2.75) is 365 Å². The van der Waals surface area contributed by atoms with Gasteiger partial charge in [0.1, 0.15) is 24.4 Å². The third-order valence-electron chi connectivity index (χ3n) is 15.9. The topological polar surface area (TPSA) is 149 Å². The molecule has 7 atom stereocenters. The highest BCUT2D eigenvalue weighted by Crippen LogP contribution is 2.23. The summed E-state index contributed by atoms with van der Waals surface area (Å²) in [6.45, 7) is 3.80. The molecule has 6 N–H and O–H groups in total. The first-order valence-corrected chi connectivity index (χ1v) is 33.4. The van der Waals surface area contributed by atoms with Crippen molar-refractivity contribution in [1.29, 1.82) is 0 Å². The maximum atomic E-state index is 13.1. The maximum absolute atomic E-state index is 13.1. The molecule has 1 heterocycles. The number of allylic oxidation sites excluding steroid dienone is 7. The predicted molar refractivity (Wildman–Crippen MR) is 327 cm³/mol. The number of nitrogens with one attached hydrogen (secondary N) is 1. The van der Waals surface area contributed by atoms with E-state index in [1.54, 1.807) is 6.08 Å². The Balaban J connectivity index is 2.14. The van der Waals surface area contributed by atoms with Crippen molar-refractivity contribution in [3.05, 3.63) is 48.6 Å². The largest absolute Gasteiger partial charge is 0.394 e. The predicted octanol–water partition coefficient (Wildman–Crippen LogP) is 17.6. The van der Waals surface area contributed by atoms with Crippen LogP contribution in [-0.4, -0.2) is 87.5 Å². The molecular weight excluding hydrogens is 959 g/mol. The lowest BCUT2D eigenvalue weighted by Crippen LogP contribution is -2.60. The Morgan fingerprint density at radius 2 is 0.779 bits per heavy atom. The van der Waals surface area contributed by atoms with Crippen LogP contribution >= 0.6 is 0 Å². The van der Waals surface area contributed by atoms with Gasteiger partial charge >= 0.3 is 0 Å². The number of aliphatic hydroxyl groups excluding tert-OH is 5. The molecule has 77 heavy (non-hydrogen) atoms. The van der Waals surface area contributed by atoms with E-state index >= 15 is 0 Å². The SMILES string of the molecule is CCCCCCCCCCC/C=C\C/C=C\CCCCCCCCCCCCCCCCCCCC(=O)NC(COC1OC(CO)C(O)C(O)C1O)C(O)/C=C/CC/C=C/CCCCCCCCCCCCCCCCC. The van der Waals surface area contributed by atoms with Crippen molar-refractivity contribution in [2.24, 2.45) is 0 Å². The number of rotatable bonds is 58. The molecule has 1 aliphatic heterocycles. The molecule has 0 spiro atoms. The molecular formula is C68H127NO8. The quantitative estimate of drug-likeness (QED) is 0.0261. The molecule has 1 rings (SSSR count). The number of hydrogen-bond acceptors (Lipinski definition) is 8. The van der Waals surface area contributed by atoms with Crippen LogP contribution in [0.1, 0.15) is 322 Å². The van der Waals surface area contributed by atoms with Crippen LogP contribution < -0.4 is 5.32 Å². The third-order valence-corrected chi connectivity index (χ3v) is 15.9. The standard InChI is InChI=1S/C68H127NO8/c1-3-5-7-9-11-13-15-17-19-21-23-25-26-27-28-29-30-31-32-33-34-35-36-38-40-42-44-46-48-50-52-54-56-58-64(72)69-61(60-76-68-67(75)66(74)65(73)63(59-70)77-68)62(71)57-55-53-51-49-47-45-43-41-39-37-24-22-20-18-16-14-12-10-8-6-4-2/h23,25,27-28,47,49,55,57,61-63,65-68,70-71,73-75H,3-22,24,26,29-46,48,50-54,56,58-60H2,1-2H3,(H,69,72)/b25-23-,28-27-,49-47+,57-55+. The van der Waals surface area contributed by atoms with Crippen LogP contribution in [0.4, 0.5) is 0 Å². The summed E-state index contributed by atoms with van der Waals surface area (Å²) in [6.07, 6.45) is 70.7. The Kier molecular flexibility index (Phi) is 54.5. The lowest BCUT2D eigenvalue weighted by molar-refractivity contribution is -0.302. The van der Waals surface area contributed by atoms with Crippen LogP contribution in [0, 0.1) is 0 Å². The second-order valence-electron chi connectivity index (χ2n) is 23.3. The minimum atomic E-state index is -1.57. The van der Waals surface area contributed by atoms with E-state index in [2.05, 4.69) is 55.6 Å². The highest BCUT2D eigenvalue weighted by Gasteiger charge is 2.44. The Morgan fingerprint density at radius 3 is 1.17 bits per heavy atom. The molecule has 0 aliphatic carbocycles. The highest BCUT2D eigenvalue weighted by atomic mass is 16.7. The summed E-state index contributed by atoms with van der Waals surface area (Å²) >= 11 is 0. The van der Waals surface area contributed by atoms with Crippen molar-refractivity contribution >= 4 is 5.91 Å².